The molecule has 1 aromatic heterocycles. The number of halogens is 1. The summed E-state index contributed by atoms with van der Waals surface area (Å²) in [5, 5.41) is 3.41. The van der Waals surface area contributed by atoms with Gasteiger partial charge in [0.1, 0.15) is 0 Å². The van der Waals surface area contributed by atoms with Gasteiger partial charge >= 0.3 is 0 Å². The molecule has 1 aromatic carbocycles. The van der Waals surface area contributed by atoms with Gasteiger partial charge in [-0.3, -0.25) is 0 Å². The molecular weight excluding hydrogens is 190 g/mol. The van der Waals surface area contributed by atoms with E-state index in [2.05, 4.69) is 29.6 Å². The number of hydrogen-bond acceptors (Lipinski definition) is 2. The Morgan fingerprint density at radius 1 is 1.25 bits per heavy atom. The second kappa shape index (κ2) is 3.90. The minimum atomic E-state index is 0. The zero-order valence-corrected chi connectivity index (χ0v) is 8.12. The molecule has 2 N–H and O–H groups in total. The summed E-state index contributed by atoms with van der Waals surface area (Å²) >= 11 is 1.77. The van der Waals surface area contributed by atoms with Crippen LogP contribution in [0.5, 0.6) is 0 Å². The van der Waals surface area contributed by atoms with Gasteiger partial charge in [-0.15, -0.1) is 23.7 Å². The molecular formula is C9H10ClNS. The molecule has 0 spiro atoms. The van der Waals surface area contributed by atoms with Crippen molar-refractivity contribution in [3.8, 4) is 0 Å². The zero-order valence-electron chi connectivity index (χ0n) is 6.49. The van der Waals surface area contributed by atoms with Crippen LogP contribution in [0.2, 0.25) is 0 Å². The van der Waals surface area contributed by atoms with E-state index >= 15 is 0 Å². The third-order valence-electron chi connectivity index (χ3n) is 1.75. The summed E-state index contributed by atoms with van der Waals surface area (Å²) in [5.41, 5.74) is 6.72. The maximum Gasteiger partial charge on any atom is 0.0342 e. The summed E-state index contributed by atoms with van der Waals surface area (Å²) in [5.74, 6) is 0. The molecule has 1 nitrogen and oxygen atoms in total. The summed E-state index contributed by atoms with van der Waals surface area (Å²) in [6.07, 6.45) is 0. The predicted octanol–water partition coefficient (Wildman–Crippen LogP) is 2.78. The first-order chi connectivity index (χ1) is 5.40. The molecule has 0 bridgehead atoms. The van der Waals surface area contributed by atoms with Crippen molar-refractivity contribution in [3.05, 3.63) is 35.2 Å². The number of hydrogen-bond donors (Lipinski definition) is 1. The minimum absolute atomic E-state index is 0. The van der Waals surface area contributed by atoms with Crippen molar-refractivity contribution in [1.29, 1.82) is 0 Å². The summed E-state index contributed by atoms with van der Waals surface area (Å²) < 4.78 is 1.34. The highest BCUT2D eigenvalue weighted by Crippen LogP contribution is 2.21. The Hall–Kier alpha value is -0.570. The molecule has 2 rings (SSSR count). The van der Waals surface area contributed by atoms with Crippen molar-refractivity contribution >= 4 is 33.8 Å². The fraction of sp³-hybridized carbons (Fsp3) is 0.111. The van der Waals surface area contributed by atoms with Gasteiger partial charge in [0, 0.05) is 11.2 Å². The molecule has 0 amide bonds. The normalized spacial score (nSPS) is 9.75. The van der Waals surface area contributed by atoms with E-state index in [1.165, 1.54) is 15.6 Å². The average Bonchev–Trinajstić information content (AvgIpc) is 2.50. The van der Waals surface area contributed by atoms with Crippen molar-refractivity contribution in [2.24, 2.45) is 5.73 Å². The topological polar surface area (TPSA) is 26.0 Å². The van der Waals surface area contributed by atoms with Crippen LogP contribution in [0.15, 0.2) is 29.6 Å². The summed E-state index contributed by atoms with van der Waals surface area (Å²) in [6, 6.07) is 8.48. The maximum atomic E-state index is 5.51. The van der Waals surface area contributed by atoms with E-state index in [0.717, 1.165) is 0 Å². The molecule has 0 radical (unpaired) electrons. The molecule has 0 aliphatic rings. The van der Waals surface area contributed by atoms with Crippen LogP contribution in [0.4, 0.5) is 0 Å². The second-order valence-corrected chi connectivity index (χ2v) is 3.44. The second-order valence-electron chi connectivity index (χ2n) is 2.50. The molecule has 0 aliphatic carbocycles. The molecule has 3 heteroatoms. The highest BCUT2D eigenvalue weighted by Gasteiger charge is 1.94. The Morgan fingerprint density at radius 3 is 2.83 bits per heavy atom. The molecule has 0 atom stereocenters. The van der Waals surface area contributed by atoms with Crippen molar-refractivity contribution in [1.82, 2.24) is 0 Å². The van der Waals surface area contributed by atoms with Crippen LogP contribution in [0.1, 0.15) is 5.56 Å². The average molecular weight is 200 g/mol. The van der Waals surface area contributed by atoms with E-state index in [0.29, 0.717) is 6.54 Å². The lowest BCUT2D eigenvalue weighted by molar-refractivity contribution is 1.08. The Morgan fingerprint density at radius 2 is 2.08 bits per heavy atom. The van der Waals surface area contributed by atoms with Gasteiger partial charge in [-0.2, -0.15) is 0 Å². The number of rotatable bonds is 1. The molecule has 0 unspecified atom stereocenters. The lowest BCUT2D eigenvalue weighted by Crippen LogP contribution is -1.94. The molecule has 0 aliphatic heterocycles. The molecule has 0 saturated heterocycles. The van der Waals surface area contributed by atoms with Crippen LogP contribution in [0.25, 0.3) is 10.1 Å². The quantitative estimate of drug-likeness (QED) is 0.751. The molecule has 0 saturated carbocycles. The van der Waals surface area contributed by atoms with Crippen LogP contribution in [-0.2, 0) is 6.54 Å². The largest absolute Gasteiger partial charge is 0.326 e. The number of thiophene rings is 1. The molecule has 0 fully saturated rings. The smallest absolute Gasteiger partial charge is 0.0342 e. The molecule has 64 valence electrons. The third kappa shape index (κ3) is 1.61. The Kier molecular flexibility index (Phi) is 3.09. The van der Waals surface area contributed by atoms with Gasteiger partial charge in [-0.25, -0.2) is 0 Å². The minimum Gasteiger partial charge on any atom is -0.326 e. The van der Waals surface area contributed by atoms with Crippen LogP contribution < -0.4 is 5.73 Å². The first-order valence-corrected chi connectivity index (χ1v) is 4.44. The van der Waals surface area contributed by atoms with Gasteiger partial charge < -0.3 is 5.73 Å². The molecule has 12 heavy (non-hydrogen) atoms. The van der Waals surface area contributed by atoms with E-state index in [-0.39, 0.29) is 12.4 Å². The third-order valence-corrected chi connectivity index (χ3v) is 2.65. The lowest BCUT2D eigenvalue weighted by atomic mass is 10.2. The monoisotopic (exact) mass is 199 g/mol. The first-order valence-electron chi connectivity index (χ1n) is 3.56. The van der Waals surface area contributed by atoms with Gasteiger partial charge in [0.2, 0.25) is 0 Å². The van der Waals surface area contributed by atoms with Crippen molar-refractivity contribution in [2.45, 2.75) is 6.54 Å². The van der Waals surface area contributed by atoms with Crippen molar-refractivity contribution < 1.29 is 0 Å². The Balaban J connectivity index is 0.000000720. The summed E-state index contributed by atoms with van der Waals surface area (Å²) in [7, 11) is 0. The van der Waals surface area contributed by atoms with Crippen LogP contribution in [0, 0.1) is 0 Å². The molecule has 1 heterocycles. The van der Waals surface area contributed by atoms with E-state index in [4.69, 9.17) is 5.73 Å². The van der Waals surface area contributed by atoms with Gasteiger partial charge in [0.15, 0.2) is 0 Å². The summed E-state index contributed by atoms with van der Waals surface area (Å²) in [6.45, 7) is 0.631. The highest BCUT2D eigenvalue weighted by molar-refractivity contribution is 7.17. The highest BCUT2D eigenvalue weighted by atomic mass is 35.5. The van der Waals surface area contributed by atoms with Crippen LogP contribution in [-0.4, -0.2) is 0 Å². The Bertz CT molecular complexity index is 369. The first kappa shape index (κ1) is 9.52. The predicted molar refractivity (Wildman–Crippen MR) is 57.0 cm³/mol. The fourth-order valence-electron chi connectivity index (χ4n) is 1.14. The van der Waals surface area contributed by atoms with Gasteiger partial charge in [-0.1, -0.05) is 6.07 Å². The van der Waals surface area contributed by atoms with Crippen molar-refractivity contribution in [2.75, 3.05) is 0 Å². The lowest BCUT2D eigenvalue weighted by Gasteiger charge is -1.94. The van der Waals surface area contributed by atoms with Gasteiger partial charge in [0.05, 0.1) is 0 Å². The number of fused-ring (bicyclic) bond motifs is 1. The van der Waals surface area contributed by atoms with Gasteiger partial charge in [-0.05, 0) is 34.5 Å². The van der Waals surface area contributed by atoms with Gasteiger partial charge in [0.25, 0.3) is 0 Å². The fourth-order valence-corrected chi connectivity index (χ4v) is 1.91. The van der Waals surface area contributed by atoms with Crippen molar-refractivity contribution in [3.63, 3.8) is 0 Å². The van der Waals surface area contributed by atoms with E-state index in [1.807, 2.05) is 0 Å². The van der Waals surface area contributed by atoms with Crippen LogP contribution >= 0.6 is 23.7 Å². The van der Waals surface area contributed by atoms with Crippen LogP contribution in [0.3, 0.4) is 0 Å². The summed E-state index contributed by atoms with van der Waals surface area (Å²) in [4.78, 5) is 0. The Labute approximate surface area is 81.6 Å². The number of benzene rings is 1. The van der Waals surface area contributed by atoms with E-state index in [1.54, 1.807) is 11.3 Å². The maximum absolute atomic E-state index is 5.51. The molecule has 2 aromatic rings. The SMILES string of the molecule is Cl.NCc1ccc2sccc2c1. The van der Waals surface area contributed by atoms with E-state index < -0.39 is 0 Å². The van der Waals surface area contributed by atoms with E-state index in [9.17, 15) is 0 Å². The number of nitrogens with two attached hydrogens (primary N) is 1. The zero-order chi connectivity index (χ0) is 7.68. The standard InChI is InChI=1S/C9H9NS.ClH/c10-6-7-1-2-9-8(5-7)3-4-11-9;/h1-5H,6,10H2;1H.